The highest BCUT2D eigenvalue weighted by Crippen LogP contribution is 2.11. The minimum Gasteiger partial charge on any atom is -0.365 e. The molecule has 0 aliphatic heterocycles. The largest absolute Gasteiger partial charge is 0.365 e. The zero-order valence-electron chi connectivity index (χ0n) is 16.1. The zero-order valence-corrected chi connectivity index (χ0v) is 20.9. The topological polar surface area (TPSA) is 78.7 Å². The van der Waals surface area contributed by atoms with Crippen molar-refractivity contribution in [1.29, 1.82) is 0 Å². The molecule has 3 rings (SSSR count). The van der Waals surface area contributed by atoms with Crippen molar-refractivity contribution in [2.75, 3.05) is 0 Å². The standard InChI is InChI=1S/C22H17Br3N6/c23-19-7-1-16(2-8-19)13-27-30-22(26)31(28-14-17-3-9-20(24)10-4-17)29-15-18-5-11-21(25)12-6-18/h1-15H,(H2,26,30). The van der Waals surface area contributed by atoms with Crippen LogP contribution in [0.3, 0.4) is 0 Å². The zero-order chi connectivity index (χ0) is 22.1. The van der Waals surface area contributed by atoms with Crippen molar-refractivity contribution >= 4 is 72.4 Å². The average molecular weight is 605 g/mol. The van der Waals surface area contributed by atoms with Crippen LogP contribution in [0, 0.1) is 0 Å². The van der Waals surface area contributed by atoms with Crippen LogP contribution in [0.4, 0.5) is 0 Å². The number of benzene rings is 3. The van der Waals surface area contributed by atoms with Gasteiger partial charge in [-0.3, -0.25) is 0 Å². The Balaban J connectivity index is 1.81. The van der Waals surface area contributed by atoms with E-state index in [1.165, 1.54) is 5.12 Å². The number of rotatable bonds is 6. The van der Waals surface area contributed by atoms with Crippen molar-refractivity contribution in [2.24, 2.45) is 26.1 Å². The first kappa shape index (κ1) is 23.1. The van der Waals surface area contributed by atoms with E-state index in [-0.39, 0.29) is 5.96 Å². The number of hydrogen-bond acceptors (Lipinski definition) is 4. The maximum atomic E-state index is 6.09. The maximum absolute atomic E-state index is 6.09. The first-order valence-corrected chi connectivity index (χ1v) is 11.4. The third kappa shape index (κ3) is 7.86. The van der Waals surface area contributed by atoms with Gasteiger partial charge in [0, 0.05) is 13.4 Å². The molecule has 0 atom stereocenters. The van der Waals surface area contributed by atoms with Gasteiger partial charge in [-0.1, -0.05) is 84.2 Å². The van der Waals surface area contributed by atoms with E-state index in [0.29, 0.717) is 0 Å². The summed E-state index contributed by atoms with van der Waals surface area (Å²) in [6, 6.07) is 23.1. The lowest BCUT2D eigenvalue weighted by Gasteiger charge is -2.10. The third-order valence-corrected chi connectivity index (χ3v) is 5.40. The Morgan fingerprint density at radius 1 is 0.613 bits per heavy atom. The smallest absolute Gasteiger partial charge is 0.259 e. The van der Waals surface area contributed by atoms with Crippen LogP contribution in [0.5, 0.6) is 0 Å². The molecule has 31 heavy (non-hydrogen) atoms. The number of nitrogens with two attached hydrogens (primary N) is 1. The molecule has 3 aromatic rings. The fourth-order valence-corrected chi connectivity index (χ4v) is 3.03. The Morgan fingerprint density at radius 2 is 0.968 bits per heavy atom. The fraction of sp³-hybridized carbons (Fsp3) is 0. The predicted octanol–water partition coefficient (Wildman–Crippen LogP) is 5.99. The lowest BCUT2D eigenvalue weighted by Crippen LogP contribution is -2.29. The molecular weight excluding hydrogens is 588 g/mol. The molecule has 9 heteroatoms. The van der Waals surface area contributed by atoms with Crippen LogP contribution in [0.2, 0.25) is 0 Å². The van der Waals surface area contributed by atoms with Crippen LogP contribution in [0.25, 0.3) is 0 Å². The molecule has 0 fully saturated rings. The molecule has 2 N–H and O–H groups in total. The van der Waals surface area contributed by atoms with Gasteiger partial charge in [-0.25, -0.2) is 0 Å². The molecular formula is C22H17Br3N6. The highest BCUT2D eigenvalue weighted by molar-refractivity contribution is 9.11. The van der Waals surface area contributed by atoms with E-state index < -0.39 is 0 Å². The monoisotopic (exact) mass is 602 g/mol. The summed E-state index contributed by atoms with van der Waals surface area (Å²) in [6.45, 7) is 0. The minimum absolute atomic E-state index is 0.0232. The summed E-state index contributed by atoms with van der Waals surface area (Å²) in [5, 5.41) is 18.0. The second-order valence-corrected chi connectivity index (χ2v) is 8.88. The molecule has 0 heterocycles. The molecule has 6 nitrogen and oxygen atoms in total. The van der Waals surface area contributed by atoms with Crippen molar-refractivity contribution in [3.8, 4) is 0 Å². The molecule has 0 radical (unpaired) electrons. The molecule has 0 unspecified atom stereocenters. The van der Waals surface area contributed by atoms with Crippen LogP contribution in [0.15, 0.2) is 107 Å². The summed E-state index contributed by atoms with van der Waals surface area (Å²) >= 11 is 10.2. The van der Waals surface area contributed by atoms with Crippen molar-refractivity contribution in [3.63, 3.8) is 0 Å². The van der Waals surface area contributed by atoms with Crippen molar-refractivity contribution < 1.29 is 0 Å². The van der Waals surface area contributed by atoms with Crippen LogP contribution in [-0.4, -0.2) is 29.7 Å². The van der Waals surface area contributed by atoms with E-state index in [4.69, 9.17) is 5.73 Å². The van der Waals surface area contributed by atoms with Gasteiger partial charge in [0.2, 0.25) is 0 Å². The van der Waals surface area contributed by atoms with Gasteiger partial charge >= 0.3 is 0 Å². The van der Waals surface area contributed by atoms with Crippen LogP contribution < -0.4 is 5.73 Å². The van der Waals surface area contributed by atoms with Crippen molar-refractivity contribution in [3.05, 3.63) is 103 Å². The molecule has 156 valence electrons. The average Bonchev–Trinajstić information content (AvgIpc) is 2.77. The van der Waals surface area contributed by atoms with E-state index in [9.17, 15) is 0 Å². The lowest BCUT2D eigenvalue weighted by atomic mass is 10.2. The Bertz CT molecular complexity index is 1050. The molecule has 3 aromatic carbocycles. The molecule has 0 aromatic heterocycles. The van der Waals surface area contributed by atoms with E-state index in [1.807, 2.05) is 72.8 Å². The summed E-state index contributed by atoms with van der Waals surface area (Å²) in [5.74, 6) is 0.0232. The highest BCUT2D eigenvalue weighted by atomic mass is 79.9. The number of hydrogen-bond donors (Lipinski definition) is 1. The second-order valence-electron chi connectivity index (χ2n) is 6.14. The molecule has 0 aliphatic carbocycles. The summed E-state index contributed by atoms with van der Waals surface area (Å²) in [5.41, 5.74) is 8.76. The minimum atomic E-state index is 0.0232. The SMILES string of the molecule is NC(=NN=Cc1ccc(Br)cc1)N(N=Cc1ccc(Br)cc1)N=Cc1ccc(Br)cc1. The third-order valence-electron chi connectivity index (χ3n) is 3.81. The molecule has 0 amide bonds. The lowest BCUT2D eigenvalue weighted by molar-refractivity contribution is 0.473. The van der Waals surface area contributed by atoms with Gasteiger partial charge < -0.3 is 5.73 Å². The molecule has 0 saturated carbocycles. The summed E-state index contributed by atoms with van der Waals surface area (Å²) < 4.78 is 2.96. The number of halogens is 3. The van der Waals surface area contributed by atoms with Gasteiger partial charge in [0.15, 0.2) is 0 Å². The summed E-state index contributed by atoms with van der Waals surface area (Å²) in [7, 11) is 0. The van der Waals surface area contributed by atoms with E-state index in [1.54, 1.807) is 18.6 Å². The maximum Gasteiger partial charge on any atom is 0.259 e. The number of nitrogens with zero attached hydrogens (tertiary/aromatic N) is 5. The Kier molecular flexibility index (Phi) is 8.69. The van der Waals surface area contributed by atoms with Crippen molar-refractivity contribution in [2.45, 2.75) is 0 Å². The Labute approximate surface area is 205 Å². The molecule has 0 bridgehead atoms. The quantitative estimate of drug-likeness (QED) is 0.213. The molecule has 0 spiro atoms. The Hall–Kier alpha value is -2.62. The van der Waals surface area contributed by atoms with Gasteiger partial charge in [-0.2, -0.15) is 15.3 Å². The fourth-order valence-electron chi connectivity index (χ4n) is 2.23. The van der Waals surface area contributed by atoms with Gasteiger partial charge in [0.05, 0.1) is 18.6 Å². The Morgan fingerprint density at radius 3 is 1.35 bits per heavy atom. The normalized spacial score (nSPS) is 12.3. The van der Waals surface area contributed by atoms with Gasteiger partial charge in [-0.15, -0.1) is 10.2 Å². The second kappa shape index (κ2) is 11.7. The predicted molar refractivity (Wildman–Crippen MR) is 139 cm³/mol. The first-order chi connectivity index (χ1) is 15.0. The van der Waals surface area contributed by atoms with E-state index in [2.05, 4.69) is 68.2 Å². The van der Waals surface area contributed by atoms with Gasteiger partial charge in [0.1, 0.15) is 0 Å². The van der Waals surface area contributed by atoms with Crippen molar-refractivity contribution in [1.82, 2.24) is 5.12 Å². The summed E-state index contributed by atoms with van der Waals surface area (Å²) in [4.78, 5) is 0. The summed E-state index contributed by atoms with van der Waals surface area (Å²) in [6.07, 6.45) is 4.90. The first-order valence-electron chi connectivity index (χ1n) is 9.01. The molecule has 0 saturated heterocycles. The highest BCUT2D eigenvalue weighted by Gasteiger charge is 2.04. The van der Waals surface area contributed by atoms with Crippen LogP contribution >= 0.6 is 47.8 Å². The van der Waals surface area contributed by atoms with E-state index >= 15 is 0 Å². The van der Waals surface area contributed by atoms with Crippen LogP contribution in [0.1, 0.15) is 16.7 Å². The number of guanidine groups is 1. The van der Waals surface area contributed by atoms with Gasteiger partial charge in [0.25, 0.3) is 5.96 Å². The van der Waals surface area contributed by atoms with Gasteiger partial charge in [-0.05, 0) is 53.1 Å². The van der Waals surface area contributed by atoms with E-state index in [0.717, 1.165) is 30.1 Å². The number of hydrazone groups is 2. The molecule has 0 aliphatic rings. The van der Waals surface area contributed by atoms with Crippen LogP contribution in [-0.2, 0) is 0 Å².